The molecule has 0 aliphatic rings. The molecule has 1 heterocycles. The van der Waals surface area contributed by atoms with E-state index < -0.39 is 11.8 Å². The van der Waals surface area contributed by atoms with Crippen LogP contribution >= 0.6 is 11.6 Å². The zero-order valence-corrected chi connectivity index (χ0v) is 9.76. The molecule has 0 bridgehead atoms. The molecule has 4 heteroatoms. The Balaban J connectivity index is 2.47. The zero-order chi connectivity index (χ0) is 12.3. The van der Waals surface area contributed by atoms with Crippen molar-refractivity contribution in [1.82, 2.24) is 4.98 Å². The fraction of sp³-hybridized carbons (Fsp3) is 0.0769. The Bertz CT molecular complexity index is 528. The summed E-state index contributed by atoms with van der Waals surface area (Å²) in [6.45, 7) is 0. The van der Waals surface area contributed by atoms with Crippen LogP contribution in [0.5, 0.6) is 0 Å². The number of halogens is 1. The summed E-state index contributed by atoms with van der Waals surface area (Å²) in [6, 6.07) is 12.5. The second-order valence-electron chi connectivity index (χ2n) is 3.64. The minimum Gasteiger partial charge on any atom is -0.369 e. The molecule has 1 atom stereocenters. The molecule has 0 spiro atoms. The van der Waals surface area contributed by atoms with E-state index in [1.807, 2.05) is 12.1 Å². The first-order chi connectivity index (χ1) is 8.18. The summed E-state index contributed by atoms with van der Waals surface area (Å²) in [6.07, 6.45) is 1.63. The lowest BCUT2D eigenvalue weighted by molar-refractivity contribution is -0.118. The predicted molar refractivity (Wildman–Crippen MR) is 66.7 cm³/mol. The number of carbonyl (C=O) groups is 1. The van der Waals surface area contributed by atoms with Crippen molar-refractivity contribution in [3.8, 4) is 0 Å². The van der Waals surface area contributed by atoms with Gasteiger partial charge in [0.1, 0.15) is 5.92 Å². The quantitative estimate of drug-likeness (QED) is 0.904. The number of benzene rings is 1. The molecule has 2 rings (SSSR count). The molecule has 1 aromatic heterocycles. The number of pyridine rings is 1. The Morgan fingerprint density at radius 2 is 2.06 bits per heavy atom. The fourth-order valence-corrected chi connectivity index (χ4v) is 1.91. The van der Waals surface area contributed by atoms with E-state index in [0.717, 1.165) is 5.56 Å². The van der Waals surface area contributed by atoms with Gasteiger partial charge in [-0.1, -0.05) is 29.8 Å². The first-order valence-electron chi connectivity index (χ1n) is 5.14. The van der Waals surface area contributed by atoms with E-state index in [0.29, 0.717) is 10.7 Å². The third kappa shape index (κ3) is 2.63. The monoisotopic (exact) mass is 246 g/mol. The van der Waals surface area contributed by atoms with Gasteiger partial charge >= 0.3 is 0 Å². The second kappa shape index (κ2) is 4.97. The van der Waals surface area contributed by atoms with Gasteiger partial charge in [-0.25, -0.2) is 0 Å². The standard InChI is InChI=1S/C13H11ClN2O/c14-10-5-3-4-9(8-10)12(13(15)17)11-6-1-2-7-16-11/h1-8,12H,(H2,15,17). The molecule has 0 fully saturated rings. The molecule has 2 N–H and O–H groups in total. The topological polar surface area (TPSA) is 56.0 Å². The molecule has 1 aromatic carbocycles. The first kappa shape index (κ1) is 11.6. The van der Waals surface area contributed by atoms with Gasteiger partial charge in [0.2, 0.25) is 5.91 Å². The van der Waals surface area contributed by atoms with Crippen LogP contribution in [0.3, 0.4) is 0 Å². The maximum absolute atomic E-state index is 11.6. The number of hydrogen-bond acceptors (Lipinski definition) is 2. The van der Waals surface area contributed by atoms with Gasteiger partial charge < -0.3 is 5.73 Å². The Morgan fingerprint density at radius 1 is 1.24 bits per heavy atom. The van der Waals surface area contributed by atoms with E-state index in [2.05, 4.69) is 4.98 Å². The molecule has 86 valence electrons. The second-order valence-corrected chi connectivity index (χ2v) is 4.08. The average Bonchev–Trinajstić information content (AvgIpc) is 2.30. The van der Waals surface area contributed by atoms with Crippen molar-refractivity contribution in [3.63, 3.8) is 0 Å². The number of nitrogens with zero attached hydrogens (tertiary/aromatic N) is 1. The van der Waals surface area contributed by atoms with Gasteiger partial charge in [-0.2, -0.15) is 0 Å². The molecular formula is C13H11ClN2O. The molecule has 1 unspecified atom stereocenters. The number of primary amides is 1. The predicted octanol–water partition coefficient (Wildman–Crippen LogP) is 2.35. The van der Waals surface area contributed by atoms with Crippen molar-refractivity contribution in [2.45, 2.75) is 5.92 Å². The lowest BCUT2D eigenvalue weighted by Gasteiger charge is -2.13. The minimum absolute atomic E-state index is 0.439. The van der Waals surface area contributed by atoms with Crippen LogP contribution in [0.4, 0.5) is 0 Å². The van der Waals surface area contributed by atoms with Gasteiger partial charge in [-0.05, 0) is 29.8 Å². The molecule has 2 aromatic rings. The molecule has 0 saturated carbocycles. The molecule has 17 heavy (non-hydrogen) atoms. The fourth-order valence-electron chi connectivity index (χ4n) is 1.71. The average molecular weight is 247 g/mol. The van der Waals surface area contributed by atoms with E-state index in [-0.39, 0.29) is 0 Å². The lowest BCUT2D eigenvalue weighted by Crippen LogP contribution is -2.23. The van der Waals surface area contributed by atoms with Crippen molar-refractivity contribution in [1.29, 1.82) is 0 Å². The largest absolute Gasteiger partial charge is 0.369 e. The maximum Gasteiger partial charge on any atom is 0.231 e. The number of carbonyl (C=O) groups excluding carboxylic acids is 1. The normalized spacial score (nSPS) is 12.1. The Morgan fingerprint density at radius 3 is 2.65 bits per heavy atom. The minimum atomic E-state index is -0.560. The number of aromatic nitrogens is 1. The highest BCUT2D eigenvalue weighted by molar-refractivity contribution is 6.30. The molecule has 0 aliphatic heterocycles. The van der Waals surface area contributed by atoms with Crippen molar-refractivity contribution in [2.24, 2.45) is 5.73 Å². The summed E-state index contributed by atoms with van der Waals surface area (Å²) in [5.74, 6) is -0.999. The van der Waals surface area contributed by atoms with Gasteiger partial charge in [-0.3, -0.25) is 9.78 Å². The van der Waals surface area contributed by atoms with Crippen LogP contribution in [0.2, 0.25) is 5.02 Å². The summed E-state index contributed by atoms with van der Waals surface area (Å²) in [4.78, 5) is 15.7. The van der Waals surface area contributed by atoms with E-state index in [1.54, 1.807) is 36.5 Å². The van der Waals surface area contributed by atoms with Crippen LogP contribution in [0.15, 0.2) is 48.7 Å². The summed E-state index contributed by atoms with van der Waals surface area (Å²) in [5.41, 5.74) is 6.81. The third-order valence-electron chi connectivity index (χ3n) is 2.45. The molecule has 1 amide bonds. The van der Waals surface area contributed by atoms with Crippen LogP contribution in [0.25, 0.3) is 0 Å². The van der Waals surface area contributed by atoms with E-state index in [4.69, 9.17) is 17.3 Å². The molecule has 0 aliphatic carbocycles. The summed E-state index contributed by atoms with van der Waals surface area (Å²) < 4.78 is 0. The highest BCUT2D eigenvalue weighted by Gasteiger charge is 2.21. The summed E-state index contributed by atoms with van der Waals surface area (Å²) >= 11 is 5.91. The summed E-state index contributed by atoms with van der Waals surface area (Å²) in [5, 5.41) is 0.574. The maximum atomic E-state index is 11.6. The van der Waals surface area contributed by atoms with Crippen molar-refractivity contribution < 1.29 is 4.79 Å². The first-order valence-corrected chi connectivity index (χ1v) is 5.52. The SMILES string of the molecule is NC(=O)C(c1cccc(Cl)c1)c1ccccn1. The Kier molecular flexibility index (Phi) is 3.40. The van der Waals surface area contributed by atoms with E-state index in [9.17, 15) is 4.79 Å². The smallest absolute Gasteiger partial charge is 0.231 e. The van der Waals surface area contributed by atoms with Gasteiger partial charge in [0, 0.05) is 11.2 Å². The van der Waals surface area contributed by atoms with Crippen LogP contribution < -0.4 is 5.73 Å². The van der Waals surface area contributed by atoms with Crippen LogP contribution in [0.1, 0.15) is 17.2 Å². The van der Waals surface area contributed by atoms with Gasteiger partial charge in [0.25, 0.3) is 0 Å². The van der Waals surface area contributed by atoms with Crippen molar-refractivity contribution in [3.05, 3.63) is 64.9 Å². The van der Waals surface area contributed by atoms with Crippen LogP contribution in [-0.2, 0) is 4.79 Å². The highest BCUT2D eigenvalue weighted by Crippen LogP contribution is 2.24. The number of amides is 1. The number of nitrogens with two attached hydrogens (primary N) is 1. The van der Waals surface area contributed by atoms with Gasteiger partial charge in [0.15, 0.2) is 0 Å². The molecule has 0 radical (unpaired) electrons. The lowest BCUT2D eigenvalue weighted by atomic mass is 9.94. The molecular weight excluding hydrogens is 236 g/mol. The van der Waals surface area contributed by atoms with Gasteiger partial charge in [-0.15, -0.1) is 0 Å². The Labute approximate surface area is 104 Å². The van der Waals surface area contributed by atoms with Crippen LogP contribution in [0, 0.1) is 0 Å². The van der Waals surface area contributed by atoms with Crippen molar-refractivity contribution in [2.75, 3.05) is 0 Å². The zero-order valence-electron chi connectivity index (χ0n) is 9.01. The van der Waals surface area contributed by atoms with Crippen molar-refractivity contribution >= 4 is 17.5 Å². The van der Waals surface area contributed by atoms with Gasteiger partial charge in [0.05, 0.1) is 5.69 Å². The molecule has 0 saturated heterocycles. The number of rotatable bonds is 3. The Hall–Kier alpha value is -1.87. The third-order valence-corrected chi connectivity index (χ3v) is 2.69. The van der Waals surface area contributed by atoms with Crippen LogP contribution in [-0.4, -0.2) is 10.9 Å². The molecule has 3 nitrogen and oxygen atoms in total. The summed E-state index contributed by atoms with van der Waals surface area (Å²) in [7, 11) is 0. The van der Waals surface area contributed by atoms with E-state index >= 15 is 0 Å². The highest BCUT2D eigenvalue weighted by atomic mass is 35.5. The number of hydrogen-bond donors (Lipinski definition) is 1. The van der Waals surface area contributed by atoms with E-state index in [1.165, 1.54) is 0 Å².